The Labute approximate surface area is 181 Å². The Morgan fingerprint density at radius 3 is 2.86 bits per heavy atom. The number of aryl methyl sites for hydroxylation is 1. The second-order valence-electron chi connectivity index (χ2n) is 5.83. The maximum atomic E-state index is 12.0. The molecule has 1 amide bonds. The number of rotatable bonds is 8. The minimum Gasteiger partial charge on any atom is -0.492 e. The van der Waals surface area contributed by atoms with Gasteiger partial charge in [-0.2, -0.15) is 0 Å². The van der Waals surface area contributed by atoms with Gasteiger partial charge in [-0.15, -0.1) is 5.10 Å². The van der Waals surface area contributed by atoms with Gasteiger partial charge in [-0.05, 0) is 61.1 Å². The van der Waals surface area contributed by atoms with E-state index in [1.165, 1.54) is 23.1 Å². The van der Waals surface area contributed by atoms with Gasteiger partial charge in [0, 0.05) is 5.02 Å². The van der Waals surface area contributed by atoms with Crippen molar-refractivity contribution in [3.8, 4) is 11.4 Å². The van der Waals surface area contributed by atoms with Crippen molar-refractivity contribution in [3.63, 3.8) is 0 Å². The molecule has 9 heteroatoms. The number of carbonyl (C=O) groups excluding carboxylic acids is 1. The Morgan fingerprint density at radius 2 is 2.11 bits per heavy atom. The topological polar surface area (TPSA) is 56.1 Å². The highest BCUT2D eigenvalue weighted by Gasteiger charge is 2.09. The van der Waals surface area contributed by atoms with Crippen LogP contribution in [0, 0.1) is 10.9 Å². The third kappa shape index (κ3) is 6.07. The Bertz CT molecular complexity index is 1000. The summed E-state index contributed by atoms with van der Waals surface area (Å²) in [6.45, 7) is 2.88. The molecule has 28 heavy (non-hydrogen) atoms. The fraction of sp³-hybridized carbons (Fsp3) is 0.211. The molecule has 0 aliphatic rings. The van der Waals surface area contributed by atoms with Crippen molar-refractivity contribution in [2.75, 3.05) is 18.9 Å². The van der Waals surface area contributed by atoms with E-state index in [4.69, 9.17) is 28.6 Å². The molecule has 0 unspecified atom stereocenters. The molecular formula is C19H18ClN3O2S3. The van der Waals surface area contributed by atoms with Gasteiger partial charge < -0.3 is 10.1 Å². The summed E-state index contributed by atoms with van der Waals surface area (Å²) in [7, 11) is 0. The first-order chi connectivity index (χ1) is 13.5. The van der Waals surface area contributed by atoms with Crippen LogP contribution in [0.3, 0.4) is 0 Å². The number of thioether (sulfide) groups is 1. The lowest BCUT2D eigenvalue weighted by Crippen LogP contribution is -2.29. The molecule has 146 valence electrons. The van der Waals surface area contributed by atoms with E-state index in [-0.39, 0.29) is 11.7 Å². The zero-order valence-electron chi connectivity index (χ0n) is 15.1. The number of nitrogens with zero attached hydrogens (tertiary/aromatic N) is 2. The van der Waals surface area contributed by atoms with Crippen LogP contribution in [0.5, 0.6) is 5.75 Å². The van der Waals surface area contributed by atoms with E-state index in [2.05, 4.69) is 10.4 Å². The minimum atomic E-state index is -0.0722. The number of aromatic nitrogens is 2. The maximum Gasteiger partial charge on any atom is 0.230 e. The average molecular weight is 452 g/mol. The molecule has 0 aliphatic carbocycles. The standard InChI is InChI=1S/C19H18ClN3O2S3/c1-13-3-2-4-16(11-13)25-10-9-21-17(24)12-27-18-22-23(19(26)28-18)15-7-5-14(20)6-8-15/h2-8,11H,9-10,12H2,1H3,(H,21,24). The van der Waals surface area contributed by atoms with Gasteiger partial charge in [0.25, 0.3) is 0 Å². The van der Waals surface area contributed by atoms with Crippen molar-refractivity contribution in [2.45, 2.75) is 11.3 Å². The van der Waals surface area contributed by atoms with Crippen molar-refractivity contribution >= 4 is 52.8 Å². The molecule has 3 aromatic rings. The molecule has 1 heterocycles. The molecule has 2 aromatic carbocycles. The first kappa shape index (κ1) is 20.9. The third-order valence-electron chi connectivity index (χ3n) is 3.61. The molecule has 0 saturated carbocycles. The molecular weight excluding hydrogens is 434 g/mol. The lowest BCUT2D eigenvalue weighted by molar-refractivity contribution is -0.118. The molecule has 0 aliphatic heterocycles. The zero-order chi connectivity index (χ0) is 19.9. The summed E-state index contributed by atoms with van der Waals surface area (Å²) in [5.41, 5.74) is 1.98. The lowest BCUT2D eigenvalue weighted by atomic mass is 10.2. The predicted octanol–water partition coefficient (Wildman–Crippen LogP) is 4.91. The normalized spacial score (nSPS) is 10.6. The van der Waals surface area contributed by atoms with Crippen molar-refractivity contribution < 1.29 is 9.53 Å². The second kappa shape index (κ2) is 10.1. The fourth-order valence-corrected chi connectivity index (χ4v) is 4.62. The van der Waals surface area contributed by atoms with Gasteiger partial charge in [0.15, 0.2) is 8.29 Å². The van der Waals surface area contributed by atoms with Gasteiger partial charge in [0.2, 0.25) is 5.91 Å². The monoisotopic (exact) mass is 451 g/mol. The molecule has 3 rings (SSSR count). The Kier molecular flexibility index (Phi) is 7.50. The van der Waals surface area contributed by atoms with Crippen LogP contribution in [0.4, 0.5) is 0 Å². The van der Waals surface area contributed by atoms with Crippen LogP contribution >= 0.6 is 46.9 Å². The molecule has 0 spiro atoms. The lowest BCUT2D eigenvalue weighted by Gasteiger charge is -2.07. The number of carbonyl (C=O) groups is 1. The molecule has 0 bridgehead atoms. The van der Waals surface area contributed by atoms with Crippen molar-refractivity contribution in [1.29, 1.82) is 0 Å². The smallest absolute Gasteiger partial charge is 0.230 e. The van der Waals surface area contributed by atoms with E-state index in [9.17, 15) is 4.79 Å². The molecule has 0 fully saturated rings. The average Bonchev–Trinajstić information content (AvgIpc) is 3.05. The van der Waals surface area contributed by atoms with E-state index >= 15 is 0 Å². The Balaban J connectivity index is 1.44. The summed E-state index contributed by atoms with van der Waals surface area (Å²) in [6.07, 6.45) is 0. The van der Waals surface area contributed by atoms with E-state index < -0.39 is 0 Å². The first-order valence-electron chi connectivity index (χ1n) is 8.46. The van der Waals surface area contributed by atoms with Crippen LogP contribution in [0.25, 0.3) is 5.69 Å². The summed E-state index contributed by atoms with van der Waals surface area (Å²) in [4.78, 5) is 12.0. The number of hydrogen-bond donors (Lipinski definition) is 1. The summed E-state index contributed by atoms with van der Waals surface area (Å²) in [5.74, 6) is 1.00. The third-order valence-corrected chi connectivity index (χ3v) is 6.23. The number of ether oxygens (including phenoxy) is 1. The minimum absolute atomic E-state index is 0.0722. The summed E-state index contributed by atoms with van der Waals surface area (Å²) < 4.78 is 8.65. The van der Waals surface area contributed by atoms with Gasteiger partial charge in [-0.25, -0.2) is 4.68 Å². The highest BCUT2D eigenvalue weighted by Crippen LogP contribution is 2.24. The van der Waals surface area contributed by atoms with Crippen molar-refractivity contribution in [2.24, 2.45) is 0 Å². The highest BCUT2D eigenvalue weighted by atomic mass is 35.5. The maximum absolute atomic E-state index is 12.0. The van der Waals surface area contributed by atoms with E-state index in [0.29, 0.717) is 22.1 Å². The van der Waals surface area contributed by atoms with Gasteiger partial charge >= 0.3 is 0 Å². The SMILES string of the molecule is Cc1cccc(OCCNC(=O)CSc2nn(-c3ccc(Cl)cc3)c(=S)s2)c1. The molecule has 1 aromatic heterocycles. The number of benzene rings is 2. The quantitative estimate of drug-likeness (QED) is 0.299. The predicted molar refractivity (Wildman–Crippen MR) is 118 cm³/mol. The van der Waals surface area contributed by atoms with Crippen LogP contribution in [-0.2, 0) is 4.79 Å². The van der Waals surface area contributed by atoms with Crippen molar-refractivity contribution in [3.05, 3.63) is 63.1 Å². The summed E-state index contributed by atoms with van der Waals surface area (Å²) >= 11 is 14.0. The van der Waals surface area contributed by atoms with E-state index in [1.807, 2.05) is 43.3 Å². The Hall–Kier alpha value is -1.87. The summed E-state index contributed by atoms with van der Waals surface area (Å²) in [5, 5.41) is 7.97. The summed E-state index contributed by atoms with van der Waals surface area (Å²) in [6, 6.07) is 15.1. The molecule has 0 saturated heterocycles. The Morgan fingerprint density at radius 1 is 1.32 bits per heavy atom. The van der Waals surface area contributed by atoms with Crippen LogP contribution < -0.4 is 10.1 Å². The van der Waals surface area contributed by atoms with Crippen LogP contribution in [-0.4, -0.2) is 34.6 Å². The first-order valence-corrected chi connectivity index (χ1v) is 11.1. The van der Waals surface area contributed by atoms with Crippen LogP contribution in [0.15, 0.2) is 52.9 Å². The van der Waals surface area contributed by atoms with Crippen LogP contribution in [0.1, 0.15) is 5.56 Å². The van der Waals surface area contributed by atoms with E-state index in [1.54, 1.807) is 16.8 Å². The molecule has 1 N–H and O–H groups in total. The van der Waals surface area contributed by atoms with Crippen LogP contribution in [0.2, 0.25) is 5.02 Å². The van der Waals surface area contributed by atoms with Gasteiger partial charge in [-0.3, -0.25) is 4.79 Å². The molecule has 0 atom stereocenters. The van der Waals surface area contributed by atoms with E-state index in [0.717, 1.165) is 21.3 Å². The number of amides is 1. The molecule has 0 radical (unpaired) electrons. The zero-order valence-corrected chi connectivity index (χ0v) is 18.3. The highest BCUT2D eigenvalue weighted by molar-refractivity contribution is 8.01. The largest absolute Gasteiger partial charge is 0.492 e. The number of hydrogen-bond acceptors (Lipinski definition) is 6. The van der Waals surface area contributed by atoms with Gasteiger partial charge in [0.1, 0.15) is 12.4 Å². The van der Waals surface area contributed by atoms with Gasteiger partial charge in [0.05, 0.1) is 18.0 Å². The van der Waals surface area contributed by atoms with Crippen molar-refractivity contribution in [1.82, 2.24) is 15.1 Å². The number of halogens is 1. The van der Waals surface area contributed by atoms with Gasteiger partial charge in [-0.1, -0.05) is 46.8 Å². The fourth-order valence-electron chi connectivity index (χ4n) is 2.31. The molecule has 5 nitrogen and oxygen atoms in total. The second-order valence-corrected chi connectivity index (χ2v) is 9.11. The number of nitrogens with one attached hydrogen (secondary N) is 1.